The van der Waals surface area contributed by atoms with Gasteiger partial charge in [-0.05, 0) is 85.3 Å². The van der Waals surface area contributed by atoms with E-state index in [-0.39, 0.29) is 11.8 Å². The molecule has 1 atom stereocenters. The predicted octanol–water partition coefficient (Wildman–Crippen LogP) is 7.10. The van der Waals surface area contributed by atoms with Gasteiger partial charge in [0.25, 0.3) is 0 Å². The van der Waals surface area contributed by atoms with Crippen LogP contribution in [0.15, 0.2) is 60.1 Å². The summed E-state index contributed by atoms with van der Waals surface area (Å²) in [5.41, 5.74) is 3.84. The monoisotopic (exact) mass is 458 g/mol. The van der Waals surface area contributed by atoms with Crippen LogP contribution in [-0.2, 0) is 4.79 Å². The molecule has 3 nitrogen and oxygen atoms in total. The number of hydrogen-bond donors (Lipinski definition) is 0. The molecule has 0 saturated heterocycles. The SMILES string of the molecule is O=C(C1CCCCC1)C(CCN1CC=C(c2cccc3ccsc23)CCC1)c1ccccn1. The normalized spacial score (nSPS) is 19.2. The van der Waals surface area contributed by atoms with Gasteiger partial charge in [0.15, 0.2) is 0 Å². The average Bonchev–Trinajstić information content (AvgIpc) is 3.24. The first-order chi connectivity index (χ1) is 16.3. The Morgan fingerprint density at radius 3 is 2.82 bits per heavy atom. The molecule has 1 aliphatic carbocycles. The molecule has 5 rings (SSSR count). The third kappa shape index (κ3) is 5.28. The number of thiophene rings is 1. The zero-order valence-electron chi connectivity index (χ0n) is 19.4. The first kappa shape index (κ1) is 22.5. The lowest BCUT2D eigenvalue weighted by Crippen LogP contribution is -2.30. The zero-order valence-corrected chi connectivity index (χ0v) is 20.2. The molecule has 0 spiro atoms. The second-order valence-electron chi connectivity index (χ2n) is 9.61. The van der Waals surface area contributed by atoms with Gasteiger partial charge in [0.1, 0.15) is 5.78 Å². The number of benzene rings is 1. The van der Waals surface area contributed by atoms with Crippen molar-refractivity contribution in [3.05, 3.63) is 71.4 Å². The lowest BCUT2D eigenvalue weighted by atomic mass is 9.79. The van der Waals surface area contributed by atoms with E-state index in [4.69, 9.17) is 0 Å². The van der Waals surface area contributed by atoms with E-state index >= 15 is 0 Å². The second-order valence-corrected chi connectivity index (χ2v) is 10.5. The van der Waals surface area contributed by atoms with Crippen molar-refractivity contribution in [2.24, 2.45) is 5.92 Å². The Morgan fingerprint density at radius 2 is 1.97 bits per heavy atom. The highest BCUT2D eigenvalue weighted by Gasteiger charge is 2.30. The molecule has 0 amide bonds. The highest BCUT2D eigenvalue weighted by atomic mass is 32.1. The number of pyridine rings is 1. The smallest absolute Gasteiger partial charge is 0.145 e. The van der Waals surface area contributed by atoms with Gasteiger partial charge in [-0.25, -0.2) is 0 Å². The van der Waals surface area contributed by atoms with Gasteiger partial charge in [0.2, 0.25) is 0 Å². The Balaban J connectivity index is 1.28. The van der Waals surface area contributed by atoms with Crippen LogP contribution in [0.25, 0.3) is 15.7 Å². The van der Waals surface area contributed by atoms with Crippen molar-refractivity contribution in [2.45, 2.75) is 57.3 Å². The molecule has 1 aliphatic heterocycles. The Labute approximate surface area is 201 Å². The minimum Gasteiger partial charge on any atom is -0.300 e. The number of allylic oxidation sites excluding steroid dienone is 1. The second kappa shape index (κ2) is 10.8. The van der Waals surface area contributed by atoms with Crippen molar-refractivity contribution < 1.29 is 4.79 Å². The van der Waals surface area contributed by atoms with Gasteiger partial charge >= 0.3 is 0 Å². The van der Waals surface area contributed by atoms with Gasteiger partial charge in [-0.1, -0.05) is 49.6 Å². The molecule has 4 heteroatoms. The summed E-state index contributed by atoms with van der Waals surface area (Å²) < 4.78 is 1.41. The summed E-state index contributed by atoms with van der Waals surface area (Å²) in [5.74, 6) is 0.595. The van der Waals surface area contributed by atoms with E-state index in [0.29, 0.717) is 5.78 Å². The van der Waals surface area contributed by atoms with Crippen molar-refractivity contribution in [1.82, 2.24) is 9.88 Å². The molecule has 1 aromatic carbocycles. The summed E-state index contributed by atoms with van der Waals surface area (Å²) in [6.45, 7) is 3.00. The molecular weight excluding hydrogens is 424 g/mol. The predicted molar refractivity (Wildman–Crippen MR) is 139 cm³/mol. The highest BCUT2D eigenvalue weighted by molar-refractivity contribution is 7.17. The zero-order chi connectivity index (χ0) is 22.5. The molecular formula is C29H34N2OS. The Hall–Kier alpha value is -2.30. The van der Waals surface area contributed by atoms with E-state index in [1.807, 2.05) is 35.7 Å². The molecule has 0 N–H and O–H groups in total. The summed E-state index contributed by atoms with van der Waals surface area (Å²) in [6.07, 6.45) is 13.2. The summed E-state index contributed by atoms with van der Waals surface area (Å²) in [6, 6.07) is 14.9. The molecule has 1 unspecified atom stereocenters. The average molecular weight is 459 g/mol. The van der Waals surface area contributed by atoms with Gasteiger partial charge < -0.3 is 0 Å². The molecule has 1 saturated carbocycles. The van der Waals surface area contributed by atoms with Crippen LogP contribution in [0.1, 0.15) is 68.5 Å². The number of nitrogens with zero attached hydrogens (tertiary/aromatic N) is 2. The molecule has 3 heterocycles. The molecule has 172 valence electrons. The van der Waals surface area contributed by atoms with E-state index in [2.05, 4.69) is 45.6 Å². The van der Waals surface area contributed by atoms with Gasteiger partial charge in [0, 0.05) is 23.4 Å². The van der Waals surface area contributed by atoms with Crippen LogP contribution in [0, 0.1) is 5.92 Å². The van der Waals surface area contributed by atoms with E-state index < -0.39 is 0 Å². The van der Waals surface area contributed by atoms with Crippen LogP contribution in [-0.4, -0.2) is 35.3 Å². The van der Waals surface area contributed by atoms with E-state index in [1.54, 1.807) is 0 Å². The molecule has 3 aromatic rings. The Kier molecular flexibility index (Phi) is 7.33. The van der Waals surface area contributed by atoms with Crippen molar-refractivity contribution in [3.8, 4) is 0 Å². The van der Waals surface area contributed by atoms with Crippen LogP contribution in [0.4, 0.5) is 0 Å². The van der Waals surface area contributed by atoms with Gasteiger partial charge in [-0.15, -0.1) is 11.3 Å². The van der Waals surface area contributed by atoms with Crippen molar-refractivity contribution in [3.63, 3.8) is 0 Å². The van der Waals surface area contributed by atoms with Crippen molar-refractivity contribution in [1.29, 1.82) is 0 Å². The lowest BCUT2D eigenvalue weighted by molar-refractivity contribution is -0.125. The fourth-order valence-corrected chi connectivity index (χ4v) is 6.57. The number of aromatic nitrogens is 1. The number of Topliss-reactive ketones (excluding diaryl/α,β-unsaturated/α-hetero) is 1. The summed E-state index contributed by atoms with van der Waals surface area (Å²) in [4.78, 5) is 20.6. The fraction of sp³-hybridized carbons (Fsp3) is 0.448. The number of carbonyl (C=O) groups is 1. The minimum atomic E-state index is -0.0686. The summed E-state index contributed by atoms with van der Waals surface area (Å²) in [5, 5.41) is 3.54. The van der Waals surface area contributed by atoms with Gasteiger partial charge in [0.05, 0.1) is 11.6 Å². The van der Waals surface area contributed by atoms with Crippen LogP contribution in [0.2, 0.25) is 0 Å². The maximum atomic E-state index is 13.5. The van der Waals surface area contributed by atoms with Crippen LogP contribution >= 0.6 is 11.3 Å². The van der Waals surface area contributed by atoms with E-state index in [0.717, 1.165) is 51.0 Å². The molecule has 2 aliphatic rings. The number of fused-ring (bicyclic) bond motifs is 1. The maximum absolute atomic E-state index is 13.5. The van der Waals surface area contributed by atoms with E-state index in [9.17, 15) is 4.79 Å². The molecule has 0 radical (unpaired) electrons. The van der Waals surface area contributed by atoms with Crippen LogP contribution < -0.4 is 0 Å². The molecule has 0 bridgehead atoms. The number of rotatable bonds is 7. The minimum absolute atomic E-state index is 0.0686. The van der Waals surface area contributed by atoms with Crippen LogP contribution in [0.3, 0.4) is 0 Å². The first-order valence-electron chi connectivity index (χ1n) is 12.6. The maximum Gasteiger partial charge on any atom is 0.145 e. The number of carbonyl (C=O) groups excluding carboxylic acids is 1. The summed E-state index contributed by atoms with van der Waals surface area (Å²) in [7, 11) is 0. The van der Waals surface area contributed by atoms with Gasteiger partial charge in [-0.2, -0.15) is 0 Å². The van der Waals surface area contributed by atoms with Crippen molar-refractivity contribution >= 4 is 32.8 Å². The standard InChI is InChI=1S/C29H34N2OS/c32-28(23-8-2-1-3-9-23)26(27-13-4-5-17-30-27)15-20-31-18-7-11-22(14-19-31)25-12-6-10-24-16-21-33-29(24)25/h4-6,10,12-14,16-17,21,23,26H,1-3,7-9,11,15,18-20H2. The van der Waals surface area contributed by atoms with Crippen molar-refractivity contribution in [2.75, 3.05) is 19.6 Å². The molecule has 2 aromatic heterocycles. The fourth-order valence-electron chi connectivity index (χ4n) is 5.62. The summed E-state index contributed by atoms with van der Waals surface area (Å²) >= 11 is 1.84. The Bertz CT molecular complexity index is 1100. The highest BCUT2D eigenvalue weighted by Crippen LogP contribution is 2.34. The Morgan fingerprint density at radius 1 is 1.06 bits per heavy atom. The first-order valence-corrected chi connectivity index (χ1v) is 13.5. The van der Waals surface area contributed by atoms with Crippen LogP contribution in [0.5, 0.6) is 0 Å². The lowest BCUT2D eigenvalue weighted by Gasteiger charge is -2.27. The molecule has 1 fully saturated rings. The van der Waals surface area contributed by atoms with E-state index in [1.165, 1.54) is 46.9 Å². The topological polar surface area (TPSA) is 33.2 Å². The third-order valence-electron chi connectivity index (χ3n) is 7.47. The largest absolute Gasteiger partial charge is 0.300 e. The number of hydrogen-bond acceptors (Lipinski definition) is 4. The third-order valence-corrected chi connectivity index (χ3v) is 8.43. The van der Waals surface area contributed by atoms with Gasteiger partial charge in [-0.3, -0.25) is 14.7 Å². The quantitative estimate of drug-likeness (QED) is 0.379. The molecule has 33 heavy (non-hydrogen) atoms. The number of ketones is 1.